The van der Waals surface area contributed by atoms with Crippen LogP contribution in [0.2, 0.25) is 0 Å². The number of aromatic nitrogens is 2. The van der Waals surface area contributed by atoms with E-state index in [1.54, 1.807) is 30.1 Å². The van der Waals surface area contributed by atoms with Crippen molar-refractivity contribution in [3.05, 3.63) is 89.0 Å². The van der Waals surface area contributed by atoms with Crippen LogP contribution in [0.5, 0.6) is 11.5 Å². The molecule has 0 saturated carbocycles. The van der Waals surface area contributed by atoms with Gasteiger partial charge in [-0.2, -0.15) is 0 Å². The molecule has 3 heterocycles. The Labute approximate surface area is 247 Å². The van der Waals surface area contributed by atoms with Crippen molar-refractivity contribution in [2.45, 2.75) is 38.5 Å². The van der Waals surface area contributed by atoms with E-state index in [9.17, 15) is 18.8 Å². The quantitative estimate of drug-likeness (QED) is 0.379. The van der Waals surface area contributed by atoms with Gasteiger partial charge in [0, 0.05) is 38.5 Å². The third kappa shape index (κ3) is 6.36. The number of amides is 3. The predicted octanol–water partition coefficient (Wildman–Crippen LogP) is 3.73. The number of halogens is 1. The fraction of sp³-hybridized carbons (Fsp3) is 0.312. The standard InChI is InChI=1S/C32H32FN5O5/c1-19-6-7-21-13-27(19)43-23-5-3-4-20(12-23)18-42-28-16-38(15-26(28)36-30(39)17-37(2)32(21)41)31(40)11-10-29-34-24-9-8-22(33)14-25(24)35-29/h3-9,12-14,26,28H,10-11,15-18H2,1-2H3,(H,34,35)(H,36,39)/t26-,28-/m0/s1. The minimum absolute atomic E-state index is 0.111. The van der Waals surface area contributed by atoms with E-state index in [1.807, 2.05) is 37.3 Å². The summed E-state index contributed by atoms with van der Waals surface area (Å²) < 4.78 is 25.9. The highest BCUT2D eigenvalue weighted by Gasteiger charge is 2.37. The normalized spacial score (nSPS) is 19.2. The number of nitrogens with zero attached hydrogens (tertiary/aromatic N) is 3. The fourth-order valence-corrected chi connectivity index (χ4v) is 5.45. The zero-order valence-corrected chi connectivity index (χ0v) is 23.9. The largest absolute Gasteiger partial charge is 0.457 e. The summed E-state index contributed by atoms with van der Waals surface area (Å²) in [7, 11) is 1.57. The average Bonchev–Trinajstić information content (AvgIpc) is 3.58. The van der Waals surface area contributed by atoms with Crippen LogP contribution in [-0.4, -0.2) is 76.3 Å². The molecule has 0 radical (unpaired) electrons. The Balaban J connectivity index is 1.19. The van der Waals surface area contributed by atoms with E-state index in [0.29, 0.717) is 46.9 Å². The fourth-order valence-electron chi connectivity index (χ4n) is 5.45. The topological polar surface area (TPSA) is 117 Å². The Morgan fingerprint density at radius 2 is 1.95 bits per heavy atom. The van der Waals surface area contributed by atoms with Gasteiger partial charge in [0.2, 0.25) is 11.8 Å². The maximum absolute atomic E-state index is 13.6. The molecular weight excluding hydrogens is 553 g/mol. The summed E-state index contributed by atoms with van der Waals surface area (Å²) in [5.74, 6) is 0.616. The number of imidazole rings is 1. The molecule has 222 valence electrons. The van der Waals surface area contributed by atoms with Gasteiger partial charge in [0.15, 0.2) is 0 Å². The van der Waals surface area contributed by atoms with Crippen LogP contribution in [0.1, 0.15) is 33.7 Å². The third-order valence-electron chi connectivity index (χ3n) is 7.79. The molecule has 1 aromatic heterocycles. The van der Waals surface area contributed by atoms with Crippen molar-refractivity contribution in [1.29, 1.82) is 0 Å². The highest BCUT2D eigenvalue weighted by atomic mass is 19.1. The molecule has 1 fully saturated rings. The van der Waals surface area contributed by atoms with E-state index >= 15 is 0 Å². The summed E-state index contributed by atoms with van der Waals surface area (Å²) in [5.41, 5.74) is 3.36. The van der Waals surface area contributed by atoms with Gasteiger partial charge in [-0.15, -0.1) is 0 Å². The van der Waals surface area contributed by atoms with E-state index in [2.05, 4.69) is 15.3 Å². The van der Waals surface area contributed by atoms with E-state index in [4.69, 9.17) is 9.47 Å². The first-order chi connectivity index (χ1) is 20.7. The second kappa shape index (κ2) is 11.8. The number of hydrogen-bond acceptors (Lipinski definition) is 6. The lowest BCUT2D eigenvalue weighted by molar-refractivity contribution is -0.130. The molecule has 1 saturated heterocycles. The Kier molecular flexibility index (Phi) is 7.81. The SMILES string of the molecule is Cc1ccc2cc1Oc1cccc(c1)CO[C@H]1CN(C(=O)CCc3nc4ccc(F)cc4[nH]3)C[C@@H]1NC(=O)CN(C)C2=O. The van der Waals surface area contributed by atoms with Crippen LogP contribution in [0.25, 0.3) is 11.0 Å². The minimum atomic E-state index is -0.465. The first-order valence-electron chi connectivity index (χ1n) is 14.2. The Bertz CT molecular complexity index is 1700. The van der Waals surface area contributed by atoms with Crippen molar-refractivity contribution >= 4 is 28.8 Å². The number of ether oxygens (including phenoxy) is 2. The minimum Gasteiger partial charge on any atom is -0.457 e. The molecule has 0 aliphatic carbocycles. The highest BCUT2D eigenvalue weighted by molar-refractivity contribution is 5.96. The van der Waals surface area contributed by atoms with Crippen LogP contribution >= 0.6 is 0 Å². The number of aryl methyl sites for hydroxylation is 2. The summed E-state index contributed by atoms with van der Waals surface area (Å²) >= 11 is 0. The molecule has 2 atom stereocenters. The molecule has 3 amide bonds. The van der Waals surface area contributed by atoms with Crippen molar-refractivity contribution in [2.24, 2.45) is 0 Å². The van der Waals surface area contributed by atoms with Gasteiger partial charge >= 0.3 is 0 Å². The van der Waals surface area contributed by atoms with Crippen LogP contribution in [0.15, 0.2) is 60.7 Å². The smallest absolute Gasteiger partial charge is 0.254 e. The van der Waals surface area contributed by atoms with Crippen LogP contribution in [-0.2, 0) is 27.4 Å². The van der Waals surface area contributed by atoms with Crippen molar-refractivity contribution < 1.29 is 28.2 Å². The van der Waals surface area contributed by atoms with Crippen LogP contribution in [0.4, 0.5) is 4.39 Å². The van der Waals surface area contributed by atoms with Crippen LogP contribution in [0.3, 0.4) is 0 Å². The van der Waals surface area contributed by atoms with E-state index in [-0.39, 0.29) is 49.7 Å². The summed E-state index contributed by atoms with van der Waals surface area (Å²) in [4.78, 5) is 50.0. The molecule has 0 spiro atoms. The molecule has 2 aliphatic heterocycles. The van der Waals surface area contributed by atoms with Gasteiger partial charge in [-0.05, 0) is 60.5 Å². The van der Waals surface area contributed by atoms with Crippen molar-refractivity contribution in [1.82, 2.24) is 25.1 Å². The Hall–Kier alpha value is -4.77. The number of benzene rings is 3. The number of H-pyrrole nitrogens is 1. The molecule has 2 aliphatic rings. The second-order valence-corrected chi connectivity index (χ2v) is 11.1. The number of nitrogens with one attached hydrogen (secondary N) is 2. The predicted molar refractivity (Wildman–Crippen MR) is 156 cm³/mol. The van der Waals surface area contributed by atoms with Crippen molar-refractivity contribution in [3.8, 4) is 11.5 Å². The van der Waals surface area contributed by atoms with Crippen LogP contribution < -0.4 is 10.1 Å². The summed E-state index contributed by atoms with van der Waals surface area (Å²) in [5, 5.41) is 2.99. The van der Waals surface area contributed by atoms with Gasteiger partial charge in [-0.25, -0.2) is 9.37 Å². The number of likely N-dealkylation sites (N-methyl/N-ethyl adjacent to an activating group) is 1. The number of rotatable bonds is 3. The molecule has 43 heavy (non-hydrogen) atoms. The zero-order chi connectivity index (χ0) is 30.1. The lowest BCUT2D eigenvalue weighted by atomic mass is 10.1. The maximum atomic E-state index is 13.6. The highest BCUT2D eigenvalue weighted by Crippen LogP contribution is 2.28. The molecule has 3 aromatic carbocycles. The lowest BCUT2D eigenvalue weighted by Gasteiger charge is -2.23. The molecule has 4 aromatic rings. The zero-order valence-electron chi connectivity index (χ0n) is 23.9. The van der Waals surface area contributed by atoms with E-state index in [0.717, 1.165) is 11.1 Å². The van der Waals surface area contributed by atoms with Crippen molar-refractivity contribution in [2.75, 3.05) is 26.7 Å². The van der Waals surface area contributed by atoms with Gasteiger partial charge < -0.3 is 29.6 Å². The van der Waals surface area contributed by atoms with Gasteiger partial charge in [0.05, 0.1) is 36.3 Å². The van der Waals surface area contributed by atoms with E-state index < -0.39 is 12.1 Å². The van der Waals surface area contributed by atoms with Crippen molar-refractivity contribution in [3.63, 3.8) is 0 Å². The van der Waals surface area contributed by atoms with Crippen LogP contribution in [0, 0.1) is 12.7 Å². The van der Waals surface area contributed by atoms with Gasteiger partial charge in [-0.1, -0.05) is 18.2 Å². The number of carbonyl (C=O) groups is 3. The molecule has 11 heteroatoms. The first-order valence-corrected chi connectivity index (χ1v) is 14.2. The van der Waals surface area contributed by atoms with E-state index in [1.165, 1.54) is 17.0 Å². The number of carbonyl (C=O) groups excluding carboxylic acids is 3. The molecule has 4 bridgehead atoms. The summed E-state index contributed by atoms with van der Waals surface area (Å²) in [6.45, 7) is 2.55. The summed E-state index contributed by atoms with van der Waals surface area (Å²) in [6.07, 6.45) is 0.0775. The Morgan fingerprint density at radius 1 is 1.09 bits per heavy atom. The molecular formula is C32H32FN5O5. The Morgan fingerprint density at radius 3 is 2.81 bits per heavy atom. The average molecular weight is 586 g/mol. The number of fused-ring (bicyclic) bond motifs is 6. The lowest BCUT2D eigenvalue weighted by Crippen LogP contribution is -2.48. The number of likely N-dealkylation sites (tertiary alicyclic amines) is 1. The third-order valence-corrected chi connectivity index (χ3v) is 7.79. The molecule has 6 rings (SSSR count). The molecule has 0 unspecified atom stereocenters. The maximum Gasteiger partial charge on any atom is 0.254 e. The second-order valence-electron chi connectivity index (χ2n) is 11.1. The van der Waals surface area contributed by atoms with Gasteiger partial charge in [-0.3, -0.25) is 14.4 Å². The number of aromatic amines is 1. The van der Waals surface area contributed by atoms with Gasteiger partial charge in [0.1, 0.15) is 23.1 Å². The van der Waals surface area contributed by atoms with Gasteiger partial charge in [0.25, 0.3) is 5.91 Å². The summed E-state index contributed by atoms with van der Waals surface area (Å²) in [6, 6.07) is 16.6. The number of hydrogen-bond donors (Lipinski definition) is 2. The molecule has 2 N–H and O–H groups in total. The molecule has 10 nitrogen and oxygen atoms in total. The monoisotopic (exact) mass is 585 g/mol. The first kappa shape index (κ1) is 28.4.